The molecule has 4 N–H and O–H groups in total. The number of nitrogens with zero attached hydrogens (tertiary/aromatic N) is 4. The molecule has 0 amide bonds. The van der Waals surface area contributed by atoms with Crippen molar-refractivity contribution in [1.29, 1.82) is 0 Å². The molecule has 0 spiro atoms. The molecule has 1 aliphatic heterocycles. The maximum Gasteiger partial charge on any atom is 0.188 e. The highest BCUT2D eigenvalue weighted by atomic mass is 127. The molecule has 0 unspecified atom stereocenters. The van der Waals surface area contributed by atoms with Crippen LogP contribution in [0.2, 0.25) is 0 Å². The molecular formula is C12H16IN5O4. The summed E-state index contributed by atoms with van der Waals surface area (Å²) in [6.07, 6.45) is -2.14. The minimum Gasteiger partial charge on any atom is -0.387 e. The van der Waals surface area contributed by atoms with Crippen molar-refractivity contribution in [3.05, 3.63) is 10.2 Å². The van der Waals surface area contributed by atoms with E-state index < -0.39 is 45.3 Å². The predicted octanol–water partition coefficient (Wildman–Crippen LogP) is -0.754. The summed E-state index contributed by atoms with van der Waals surface area (Å²) in [5.41, 5.74) is 6.76. The highest BCUT2D eigenvalue weighted by Crippen LogP contribution is 2.32. The molecule has 2 aromatic heterocycles. The van der Waals surface area contributed by atoms with Crippen LogP contribution in [-0.2, 0) is 9.47 Å². The van der Waals surface area contributed by atoms with Gasteiger partial charge in [0.05, 0.1) is 12.9 Å². The fraction of sp³-hybridized carbons (Fsp3) is 0.500. The van der Waals surface area contributed by atoms with Gasteiger partial charge in [-0.1, -0.05) is 25.2 Å². The zero-order chi connectivity index (χ0) is 15.9. The van der Waals surface area contributed by atoms with Gasteiger partial charge in [-0.15, -0.1) is 0 Å². The Kier molecular flexibility index (Phi) is 4.36. The second kappa shape index (κ2) is 6.12. The number of anilines is 1. The molecule has 4 atom stereocenters. The molecule has 0 radical (unpaired) electrons. The van der Waals surface area contributed by atoms with Crippen molar-refractivity contribution in [3.63, 3.8) is 0 Å². The van der Waals surface area contributed by atoms with Crippen LogP contribution in [0.5, 0.6) is 0 Å². The molecular weight excluding hydrogens is 405 g/mol. The van der Waals surface area contributed by atoms with Crippen molar-refractivity contribution >= 4 is 42.2 Å². The minimum absolute atomic E-state index is 0.175. The molecule has 3 heterocycles. The van der Waals surface area contributed by atoms with Crippen molar-refractivity contribution in [1.82, 2.24) is 19.5 Å². The van der Waals surface area contributed by atoms with Gasteiger partial charge in [0.15, 0.2) is 21.5 Å². The van der Waals surface area contributed by atoms with E-state index in [1.807, 2.05) is 0 Å². The third-order valence-corrected chi connectivity index (χ3v) is 4.65. The summed E-state index contributed by atoms with van der Waals surface area (Å²) in [6, 6.07) is 0. The molecule has 0 aromatic carbocycles. The van der Waals surface area contributed by atoms with Crippen LogP contribution in [0.4, 0.5) is 5.82 Å². The van der Waals surface area contributed by atoms with Crippen molar-refractivity contribution < 1.29 is 19.7 Å². The van der Waals surface area contributed by atoms with E-state index in [1.165, 1.54) is 13.4 Å². The number of aromatic nitrogens is 4. The van der Waals surface area contributed by atoms with Gasteiger partial charge in [0.1, 0.15) is 23.8 Å². The lowest BCUT2D eigenvalue weighted by molar-refractivity contribution is -0.0580. The van der Waals surface area contributed by atoms with Crippen molar-refractivity contribution in [2.24, 2.45) is 0 Å². The van der Waals surface area contributed by atoms with Crippen LogP contribution in [0.3, 0.4) is 0 Å². The molecule has 120 valence electrons. The number of halogens is 1. The van der Waals surface area contributed by atoms with Crippen LogP contribution in [0.1, 0.15) is 6.23 Å². The monoisotopic (exact) mass is 421 g/mol. The molecule has 22 heavy (non-hydrogen) atoms. The Labute approximate surface area is 135 Å². The summed E-state index contributed by atoms with van der Waals surface area (Å²) in [5, 5.41) is 20.3. The van der Waals surface area contributed by atoms with Crippen molar-refractivity contribution in [2.45, 2.75) is 24.5 Å². The SMILES string of the molecule is C=Ic1nc(N)c2ncn([C@@H]3O[C@H](COC)[C@@H](O)[C@@H]3O)c2n1. The molecule has 1 aliphatic rings. The fourth-order valence-electron chi connectivity index (χ4n) is 2.42. The largest absolute Gasteiger partial charge is 0.387 e. The second-order valence-corrected chi connectivity index (χ2v) is 6.56. The van der Waals surface area contributed by atoms with Crippen LogP contribution in [0, 0.1) is 3.83 Å². The zero-order valence-corrected chi connectivity index (χ0v) is 13.9. The number of hydrogen-bond donors (Lipinski definition) is 3. The normalized spacial score (nSPS) is 28.5. The number of nitrogen functional groups attached to an aromatic ring is 1. The molecule has 1 saturated heterocycles. The molecule has 1 fully saturated rings. The molecule has 3 rings (SSSR count). The van der Waals surface area contributed by atoms with E-state index in [4.69, 9.17) is 15.2 Å². The van der Waals surface area contributed by atoms with Crippen molar-refractivity contribution in [3.8, 4) is 0 Å². The van der Waals surface area contributed by atoms with Crippen LogP contribution < -0.4 is 5.73 Å². The first-order chi connectivity index (χ1) is 10.6. The van der Waals surface area contributed by atoms with Gasteiger partial charge in [-0.2, -0.15) is 0 Å². The Morgan fingerprint density at radius 1 is 1.45 bits per heavy atom. The standard InChI is InChI=1S/C12H16IN5O4/c1-13-12-16-9(14)6-10(17-12)18(4-15-6)11-8(20)7(19)5(22-11)3-21-2/h4-5,7-8,11,19-20H,1,3H2,2H3,(H2,14,16,17)/t5-,7-,8+,11-/m1/s1. The molecule has 0 saturated carbocycles. The van der Waals surface area contributed by atoms with Crippen LogP contribution >= 0.6 is 20.7 Å². The number of nitrogens with two attached hydrogens (primary N) is 1. The van der Waals surface area contributed by atoms with Crippen LogP contribution in [0.25, 0.3) is 11.2 Å². The first-order valence-electron chi connectivity index (χ1n) is 6.45. The second-order valence-electron chi connectivity index (χ2n) is 4.84. The Hall–Kier alpha value is -1.21. The first kappa shape index (κ1) is 15.7. The number of aliphatic hydroxyl groups is 2. The van der Waals surface area contributed by atoms with Gasteiger partial charge >= 0.3 is 0 Å². The van der Waals surface area contributed by atoms with E-state index in [0.29, 0.717) is 15.0 Å². The average Bonchev–Trinajstić information content (AvgIpc) is 3.04. The number of imidazole rings is 1. The number of ether oxygens (including phenoxy) is 2. The number of rotatable bonds is 4. The van der Waals surface area contributed by atoms with Gasteiger partial charge in [-0.05, 0) is 0 Å². The summed E-state index contributed by atoms with van der Waals surface area (Å²) in [6.45, 7) is 0.175. The quantitative estimate of drug-likeness (QED) is 0.435. The molecule has 2 aromatic rings. The van der Waals surface area contributed by atoms with Gasteiger partial charge in [0.25, 0.3) is 0 Å². The Balaban J connectivity index is 2.03. The number of hydrogen-bond acceptors (Lipinski definition) is 8. The van der Waals surface area contributed by atoms with Crippen molar-refractivity contribution in [2.75, 3.05) is 19.5 Å². The third-order valence-electron chi connectivity index (χ3n) is 3.48. The van der Waals surface area contributed by atoms with E-state index in [0.717, 1.165) is 0 Å². The zero-order valence-electron chi connectivity index (χ0n) is 11.8. The Bertz CT molecular complexity index is 708. The average molecular weight is 421 g/mol. The molecule has 0 bridgehead atoms. The lowest BCUT2D eigenvalue weighted by Crippen LogP contribution is -2.33. The summed E-state index contributed by atoms with van der Waals surface area (Å²) in [7, 11) is 1.50. The maximum atomic E-state index is 10.2. The molecule has 9 nitrogen and oxygen atoms in total. The topological polar surface area (TPSA) is 129 Å². The maximum absolute atomic E-state index is 10.2. The summed E-state index contributed by atoms with van der Waals surface area (Å²) in [5.74, 6) is 0.267. The van der Waals surface area contributed by atoms with E-state index >= 15 is 0 Å². The van der Waals surface area contributed by atoms with Crippen LogP contribution in [0.15, 0.2) is 6.33 Å². The van der Waals surface area contributed by atoms with E-state index in [2.05, 4.69) is 19.5 Å². The van der Waals surface area contributed by atoms with Gasteiger partial charge in [0, 0.05) is 7.11 Å². The molecule has 0 aliphatic carbocycles. The first-order valence-corrected chi connectivity index (χ1v) is 9.06. The fourth-order valence-corrected chi connectivity index (χ4v) is 3.25. The van der Waals surface area contributed by atoms with Gasteiger partial charge < -0.3 is 25.4 Å². The molecule has 10 heteroatoms. The highest BCUT2D eigenvalue weighted by Gasteiger charge is 2.44. The minimum atomic E-state index is -1.12. The summed E-state index contributed by atoms with van der Waals surface area (Å²) < 4.78 is 16.6. The van der Waals surface area contributed by atoms with Gasteiger partial charge in [0.2, 0.25) is 0 Å². The number of fused-ring (bicyclic) bond motifs is 1. The van der Waals surface area contributed by atoms with Gasteiger partial charge in [-0.25, -0.2) is 15.0 Å². The van der Waals surface area contributed by atoms with Crippen LogP contribution in [-0.4, -0.2) is 66.3 Å². The summed E-state index contributed by atoms with van der Waals surface area (Å²) >= 11 is -0.590. The smallest absolute Gasteiger partial charge is 0.188 e. The highest BCUT2D eigenvalue weighted by molar-refractivity contribution is 14.2. The predicted molar refractivity (Wildman–Crippen MR) is 87.4 cm³/mol. The van der Waals surface area contributed by atoms with E-state index in [1.54, 1.807) is 4.57 Å². The third kappa shape index (κ3) is 2.50. The Morgan fingerprint density at radius 3 is 2.91 bits per heavy atom. The van der Waals surface area contributed by atoms with Gasteiger partial charge in [-0.3, -0.25) is 4.57 Å². The van der Waals surface area contributed by atoms with E-state index in [-0.39, 0.29) is 12.4 Å². The lowest BCUT2D eigenvalue weighted by Gasteiger charge is -2.16. The lowest BCUT2D eigenvalue weighted by atomic mass is 10.1. The van der Waals surface area contributed by atoms with E-state index in [9.17, 15) is 10.2 Å². The number of methoxy groups -OCH3 is 1. The summed E-state index contributed by atoms with van der Waals surface area (Å²) in [4.78, 5) is 12.7. The number of aliphatic hydroxyl groups excluding tert-OH is 2. The Morgan fingerprint density at radius 2 is 2.23 bits per heavy atom.